The number of rotatable bonds is 5. The number of carbonyl (C=O) groups is 1. The Balaban J connectivity index is 1.60. The maximum Gasteiger partial charge on any atom is 0.224 e. The molecule has 1 aliphatic rings. The molecule has 1 aromatic heterocycles. The van der Waals surface area contributed by atoms with Gasteiger partial charge in [0.15, 0.2) is 0 Å². The van der Waals surface area contributed by atoms with Crippen molar-refractivity contribution in [2.24, 2.45) is 5.92 Å². The van der Waals surface area contributed by atoms with Gasteiger partial charge in [-0.25, -0.2) is 4.39 Å². The second-order valence-electron chi connectivity index (χ2n) is 6.69. The summed E-state index contributed by atoms with van der Waals surface area (Å²) in [5, 5.41) is 2.74. The molecule has 1 aliphatic heterocycles. The molecule has 0 spiro atoms. The maximum absolute atomic E-state index is 13.2. The summed E-state index contributed by atoms with van der Waals surface area (Å²) in [6, 6.07) is 8.23. The van der Waals surface area contributed by atoms with Gasteiger partial charge >= 0.3 is 0 Å². The van der Waals surface area contributed by atoms with Crippen LogP contribution in [-0.4, -0.2) is 35.9 Å². The zero-order valence-corrected chi connectivity index (χ0v) is 15.2. The van der Waals surface area contributed by atoms with Crippen LogP contribution in [0.2, 0.25) is 0 Å². The lowest BCUT2D eigenvalue weighted by Crippen LogP contribution is -2.41. The molecule has 6 heteroatoms. The molecule has 0 radical (unpaired) electrons. The Hall–Kier alpha value is -2.47. The highest BCUT2D eigenvalue weighted by atomic mass is 19.1. The van der Waals surface area contributed by atoms with Crippen LogP contribution in [-0.2, 0) is 11.3 Å². The number of nitrogens with one attached hydrogen (secondary N) is 1. The van der Waals surface area contributed by atoms with Crippen LogP contribution in [0.3, 0.4) is 0 Å². The third-order valence-corrected chi connectivity index (χ3v) is 4.67. The zero-order valence-electron chi connectivity index (χ0n) is 15.2. The first kappa shape index (κ1) is 18.3. The van der Waals surface area contributed by atoms with E-state index in [9.17, 15) is 9.18 Å². The summed E-state index contributed by atoms with van der Waals surface area (Å²) in [6.07, 6.45) is 3.63. The van der Waals surface area contributed by atoms with Gasteiger partial charge in [-0.1, -0.05) is 0 Å². The molecule has 0 bridgehead atoms. The fraction of sp³-hybridized carbons (Fsp3) is 0.400. The highest BCUT2D eigenvalue weighted by molar-refractivity contribution is 5.78. The molecule has 5 nitrogen and oxygen atoms in total. The third-order valence-electron chi connectivity index (χ3n) is 4.67. The zero-order chi connectivity index (χ0) is 18.5. The number of nitrogens with zero attached hydrogens (tertiary/aromatic N) is 2. The summed E-state index contributed by atoms with van der Waals surface area (Å²) in [7, 11) is 1.68. The summed E-state index contributed by atoms with van der Waals surface area (Å²) in [5.41, 5.74) is 1.67. The predicted octanol–water partition coefficient (Wildman–Crippen LogP) is 3.28. The van der Waals surface area contributed by atoms with Crippen molar-refractivity contribution in [1.29, 1.82) is 0 Å². The molecule has 1 atom stereocenters. The lowest BCUT2D eigenvalue weighted by molar-refractivity contribution is -0.126. The van der Waals surface area contributed by atoms with Crippen molar-refractivity contribution in [2.75, 3.05) is 20.1 Å². The number of hydrogen-bond acceptors (Lipinski definition) is 4. The molecule has 0 unspecified atom stereocenters. The van der Waals surface area contributed by atoms with Gasteiger partial charge in [0.2, 0.25) is 5.91 Å². The lowest BCUT2D eigenvalue weighted by Gasteiger charge is -2.31. The Morgan fingerprint density at radius 1 is 1.38 bits per heavy atom. The van der Waals surface area contributed by atoms with E-state index in [1.54, 1.807) is 26.2 Å². The normalized spacial score (nSPS) is 17.7. The van der Waals surface area contributed by atoms with Gasteiger partial charge < -0.3 is 10.1 Å². The van der Waals surface area contributed by atoms with Crippen LogP contribution >= 0.6 is 0 Å². The number of benzene rings is 1. The van der Waals surface area contributed by atoms with Crippen molar-refractivity contribution < 1.29 is 13.9 Å². The summed E-state index contributed by atoms with van der Waals surface area (Å²) in [5.74, 6) is 1.12. The molecule has 138 valence electrons. The van der Waals surface area contributed by atoms with E-state index in [2.05, 4.69) is 15.2 Å². The Kier molecular flexibility index (Phi) is 5.83. The standard InChI is InChI=1S/C20H24FN3O2/c1-14-10-16(21)5-8-19(14)26-18-7-6-17(23-11-18)13-24-9-3-4-15(12-24)20(25)22-2/h5-8,10-11,15H,3-4,9,12-13H2,1-2H3,(H,22,25)/t15-/m0/s1. The SMILES string of the molecule is CNC(=O)[C@H]1CCCN(Cc2ccc(Oc3ccc(F)cc3C)cn2)C1. The van der Waals surface area contributed by atoms with Crippen molar-refractivity contribution >= 4 is 5.91 Å². The minimum atomic E-state index is -0.278. The van der Waals surface area contributed by atoms with Crippen LogP contribution in [0, 0.1) is 18.7 Å². The minimum Gasteiger partial charge on any atom is -0.455 e. The van der Waals surface area contributed by atoms with Crippen molar-refractivity contribution in [3.8, 4) is 11.5 Å². The summed E-state index contributed by atoms with van der Waals surface area (Å²) in [6.45, 7) is 4.25. The first-order chi connectivity index (χ1) is 12.5. The Labute approximate surface area is 153 Å². The van der Waals surface area contributed by atoms with Gasteiger partial charge in [-0.3, -0.25) is 14.7 Å². The molecule has 2 aromatic rings. The number of halogens is 1. The monoisotopic (exact) mass is 357 g/mol. The molecular formula is C20H24FN3O2. The molecule has 0 aliphatic carbocycles. The molecule has 3 rings (SSSR count). The average molecular weight is 357 g/mol. The van der Waals surface area contributed by atoms with Gasteiger partial charge in [0, 0.05) is 20.1 Å². The van der Waals surface area contributed by atoms with Crippen LogP contribution in [0.1, 0.15) is 24.1 Å². The van der Waals surface area contributed by atoms with E-state index in [0.717, 1.165) is 37.2 Å². The number of piperidine rings is 1. The van der Waals surface area contributed by atoms with Crippen molar-refractivity contribution in [3.63, 3.8) is 0 Å². The van der Waals surface area contributed by atoms with Gasteiger partial charge in [-0.05, 0) is 62.2 Å². The smallest absolute Gasteiger partial charge is 0.224 e. The average Bonchev–Trinajstić information content (AvgIpc) is 2.65. The van der Waals surface area contributed by atoms with E-state index >= 15 is 0 Å². The van der Waals surface area contributed by atoms with Crippen LogP contribution < -0.4 is 10.1 Å². The molecular weight excluding hydrogens is 333 g/mol. The minimum absolute atomic E-state index is 0.0535. The van der Waals surface area contributed by atoms with E-state index in [1.807, 2.05) is 12.1 Å². The number of hydrogen-bond donors (Lipinski definition) is 1. The van der Waals surface area contributed by atoms with Crippen LogP contribution in [0.4, 0.5) is 4.39 Å². The molecule has 2 heterocycles. The number of ether oxygens (including phenoxy) is 1. The van der Waals surface area contributed by atoms with Gasteiger partial charge in [0.1, 0.15) is 17.3 Å². The number of pyridine rings is 1. The molecule has 1 fully saturated rings. The van der Waals surface area contributed by atoms with Gasteiger partial charge in [0.05, 0.1) is 17.8 Å². The highest BCUT2D eigenvalue weighted by Crippen LogP contribution is 2.25. The number of amides is 1. The molecule has 1 aromatic carbocycles. The fourth-order valence-corrected chi connectivity index (χ4v) is 3.27. The molecule has 26 heavy (non-hydrogen) atoms. The Morgan fingerprint density at radius 3 is 2.92 bits per heavy atom. The van der Waals surface area contributed by atoms with E-state index in [-0.39, 0.29) is 17.6 Å². The van der Waals surface area contributed by atoms with E-state index in [0.29, 0.717) is 18.0 Å². The summed E-state index contributed by atoms with van der Waals surface area (Å²) >= 11 is 0. The molecule has 0 saturated carbocycles. The largest absolute Gasteiger partial charge is 0.455 e. The van der Waals surface area contributed by atoms with Gasteiger partial charge in [-0.15, -0.1) is 0 Å². The van der Waals surface area contributed by atoms with Crippen molar-refractivity contribution in [1.82, 2.24) is 15.2 Å². The van der Waals surface area contributed by atoms with Crippen LogP contribution in [0.5, 0.6) is 11.5 Å². The lowest BCUT2D eigenvalue weighted by atomic mass is 9.97. The number of aromatic nitrogens is 1. The van der Waals surface area contributed by atoms with E-state index in [4.69, 9.17) is 4.74 Å². The number of likely N-dealkylation sites (tertiary alicyclic amines) is 1. The quantitative estimate of drug-likeness (QED) is 0.892. The summed E-state index contributed by atoms with van der Waals surface area (Å²) in [4.78, 5) is 18.6. The van der Waals surface area contributed by atoms with Crippen molar-refractivity contribution in [3.05, 3.63) is 53.6 Å². The second-order valence-corrected chi connectivity index (χ2v) is 6.69. The van der Waals surface area contributed by atoms with E-state index < -0.39 is 0 Å². The van der Waals surface area contributed by atoms with E-state index in [1.165, 1.54) is 12.1 Å². The molecule has 1 saturated heterocycles. The first-order valence-corrected chi connectivity index (χ1v) is 8.88. The number of carbonyl (C=O) groups excluding carboxylic acids is 1. The number of aryl methyl sites for hydroxylation is 1. The Bertz CT molecular complexity index is 764. The predicted molar refractivity (Wildman–Crippen MR) is 97.5 cm³/mol. The van der Waals surface area contributed by atoms with Gasteiger partial charge in [0.25, 0.3) is 0 Å². The molecule has 1 N–H and O–H groups in total. The third kappa shape index (κ3) is 4.58. The van der Waals surface area contributed by atoms with Crippen LogP contribution in [0.25, 0.3) is 0 Å². The topological polar surface area (TPSA) is 54.5 Å². The van der Waals surface area contributed by atoms with Crippen molar-refractivity contribution in [2.45, 2.75) is 26.3 Å². The van der Waals surface area contributed by atoms with Gasteiger partial charge in [-0.2, -0.15) is 0 Å². The van der Waals surface area contributed by atoms with Crippen LogP contribution in [0.15, 0.2) is 36.5 Å². The first-order valence-electron chi connectivity index (χ1n) is 8.88. The molecule has 1 amide bonds. The second kappa shape index (κ2) is 8.27. The Morgan fingerprint density at radius 2 is 2.23 bits per heavy atom. The summed E-state index contributed by atoms with van der Waals surface area (Å²) < 4.78 is 18.9. The fourth-order valence-electron chi connectivity index (χ4n) is 3.27. The maximum atomic E-state index is 13.2. The highest BCUT2D eigenvalue weighted by Gasteiger charge is 2.25.